The lowest BCUT2D eigenvalue weighted by Gasteiger charge is -2.28. The van der Waals surface area contributed by atoms with Crippen LogP contribution in [-0.4, -0.2) is 14.5 Å². The number of nitrogens with zero attached hydrogens (tertiary/aromatic N) is 3. The van der Waals surface area contributed by atoms with Crippen LogP contribution in [-0.2, 0) is 21.7 Å². The standard InChI is InChI=1S/C42H47N3/c1-39(2,3)28-20-22-43-37(26-28)41(7,8)30-16-18-35-33(24-30)34-25-31(17-19-36(34)45(35)32-14-12-11-13-15-32)42(9,10)38-27-29(21-23-44-38)40(4,5)6/h11-27H,1-10H3. The highest BCUT2D eigenvalue weighted by Crippen LogP contribution is 2.41. The number of aromatic nitrogens is 3. The second-order valence-electron chi connectivity index (χ2n) is 15.7. The third-order valence-electron chi connectivity index (χ3n) is 9.76. The van der Waals surface area contributed by atoms with E-state index in [9.17, 15) is 0 Å². The van der Waals surface area contributed by atoms with Gasteiger partial charge < -0.3 is 4.57 Å². The van der Waals surface area contributed by atoms with Crippen LogP contribution in [0.2, 0.25) is 0 Å². The first-order valence-electron chi connectivity index (χ1n) is 16.2. The molecule has 45 heavy (non-hydrogen) atoms. The SMILES string of the molecule is CC(C)(C)c1ccnc(C(C)(C)c2ccc3c(c2)c2cc(C(C)(C)c4cc(C(C)(C)C)ccn4)ccc2n3-c2ccccc2)c1. The predicted octanol–water partition coefficient (Wildman–Crippen LogP) is 10.8. The van der Waals surface area contributed by atoms with Gasteiger partial charge in [0.05, 0.1) is 22.4 Å². The first-order chi connectivity index (χ1) is 21.1. The van der Waals surface area contributed by atoms with Crippen LogP contribution in [0.1, 0.15) is 103 Å². The Balaban J connectivity index is 1.57. The van der Waals surface area contributed by atoms with E-state index in [2.05, 4.69) is 165 Å². The molecule has 0 saturated heterocycles. The highest BCUT2D eigenvalue weighted by molar-refractivity contribution is 6.10. The van der Waals surface area contributed by atoms with E-state index in [1.54, 1.807) is 0 Å². The molecule has 6 aromatic rings. The summed E-state index contributed by atoms with van der Waals surface area (Å²) in [6, 6.07) is 33.5. The molecule has 3 aromatic carbocycles. The number of fused-ring (bicyclic) bond motifs is 3. The molecule has 3 heterocycles. The topological polar surface area (TPSA) is 30.7 Å². The van der Waals surface area contributed by atoms with Crippen molar-refractivity contribution in [2.75, 3.05) is 0 Å². The summed E-state index contributed by atoms with van der Waals surface area (Å²) in [5.41, 5.74) is 10.4. The molecule has 0 saturated carbocycles. The van der Waals surface area contributed by atoms with Gasteiger partial charge in [0, 0.05) is 39.7 Å². The number of rotatable bonds is 5. The third-order valence-corrected chi connectivity index (χ3v) is 9.76. The lowest BCUT2D eigenvalue weighted by molar-refractivity contribution is 0.574. The fourth-order valence-corrected chi connectivity index (χ4v) is 6.43. The molecule has 0 bridgehead atoms. The minimum absolute atomic E-state index is 0.0608. The highest BCUT2D eigenvalue weighted by atomic mass is 15.0. The summed E-state index contributed by atoms with van der Waals surface area (Å²) in [4.78, 5) is 9.78. The number of hydrogen-bond acceptors (Lipinski definition) is 2. The molecule has 0 amide bonds. The highest BCUT2D eigenvalue weighted by Gasteiger charge is 2.30. The second kappa shape index (κ2) is 10.7. The monoisotopic (exact) mass is 593 g/mol. The Morgan fingerprint density at radius 2 is 0.867 bits per heavy atom. The van der Waals surface area contributed by atoms with E-state index >= 15 is 0 Å². The van der Waals surface area contributed by atoms with E-state index in [1.807, 2.05) is 12.4 Å². The molecule has 230 valence electrons. The van der Waals surface area contributed by atoms with Crippen LogP contribution in [0.25, 0.3) is 27.5 Å². The first-order valence-corrected chi connectivity index (χ1v) is 16.2. The molecule has 3 nitrogen and oxygen atoms in total. The van der Waals surface area contributed by atoms with Crippen LogP contribution in [0.4, 0.5) is 0 Å². The van der Waals surface area contributed by atoms with Crippen molar-refractivity contribution in [1.29, 1.82) is 0 Å². The molecular weight excluding hydrogens is 546 g/mol. The van der Waals surface area contributed by atoms with Crippen molar-refractivity contribution in [3.63, 3.8) is 0 Å². The van der Waals surface area contributed by atoms with Gasteiger partial charge in [-0.2, -0.15) is 0 Å². The summed E-state index contributed by atoms with van der Waals surface area (Å²) in [6.07, 6.45) is 3.93. The van der Waals surface area contributed by atoms with E-state index in [4.69, 9.17) is 9.97 Å². The summed E-state index contributed by atoms with van der Waals surface area (Å²) in [7, 11) is 0. The average Bonchev–Trinajstić information content (AvgIpc) is 3.34. The van der Waals surface area contributed by atoms with Crippen LogP contribution in [0.3, 0.4) is 0 Å². The van der Waals surface area contributed by atoms with Gasteiger partial charge in [0.1, 0.15) is 0 Å². The normalized spacial score (nSPS) is 13.1. The summed E-state index contributed by atoms with van der Waals surface area (Å²) < 4.78 is 2.40. The quantitative estimate of drug-likeness (QED) is 0.199. The van der Waals surface area contributed by atoms with E-state index in [0.29, 0.717) is 0 Å². The number of pyridine rings is 2. The van der Waals surface area contributed by atoms with Crippen molar-refractivity contribution in [2.45, 2.75) is 90.9 Å². The number of hydrogen-bond donors (Lipinski definition) is 0. The van der Waals surface area contributed by atoms with Gasteiger partial charge in [0.25, 0.3) is 0 Å². The maximum absolute atomic E-state index is 4.89. The Morgan fingerprint density at radius 1 is 0.444 bits per heavy atom. The molecule has 6 rings (SSSR count). The van der Waals surface area contributed by atoms with Crippen molar-refractivity contribution >= 4 is 21.8 Å². The molecule has 0 unspecified atom stereocenters. The Hall–Kier alpha value is -4.24. The Kier molecular flexibility index (Phi) is 7.31. The minimum Gasteiger partial charge on any atom is -0.309 e. The molecule has 3 heteroatoms. The maximum atomic E-state index is 4.89. The number of benzene rings is 3. The van der Waals surface area contributed by atoms with Crippen LogP contribution in [0.15, 0.2) is 103 Å². The van der Waals surface area contributed by atoms with Gasteiger partial charge in [-0.1, -0.05) is 99.6 Å². The molecule has 0 spiro atoms. The van der Waals surface area contributed by atoms with Crippen molar-refractivity contribution < 1.29 is 0 Å². The molecule has 0 fully saturated rings. The minimum atomic E-state index is -0.273. The zero-order valence-electron chi connectivity index (χ0n) is 28.7. The fourth-order valence-electron chi connectivity index (χ4n) is 6.43. The summed E-state index contributed by atoms with van der Waals surface area (Å²) in [6.45, 7) is 22.7. The van der Waals surface area contributed by atoms with Gasteiger partial charge >= 0.3 is 0 Å². The molecule has 0 aliphatic rings. The van der Waals surface area contributed by atoms with Crippen LogP contribution < -0.4 is 0 Å². The molecule has 0 aliphatic carbocycles. The lowest BCUT2D eigenvalue weighted by atomic mass is 9.77. The fraction of sp³-hybridized carbons (Fsp3) is 0.333. The summed E-state index contributed by atoms with van der Waals surface area (Å²) >= 11 is 0. The van der Waals surface area contributed by atoms with E-state index in [-0.39, 0.29) is 21.7 Å². The van der Waals surface area contributed by atoms with Gasteiger partial charge in [-0.05, 0) is 93.7 Å². The Bertz CT molecular complexity index is 1880. The number of para-hydroxylation sites is 1. The van der Waals surface area contributed by atoms with E-state index < -0.39 is 0 Å². The zero-order chi connectivity index (χ0) is 32.4. The maximum Gasteiger partial charge on any atom is 0.0541 e. The van der Waals surface area contributed by atoms with Gasteiger partial charge in [-0.3, -0.25) is 9.97 Å². The van der Waals surface area contributed by atoms with E-state index in [1.165, 1.54) is 44.1 Å². The molecule has 0 N–H and O–H groups in total. The molecule has 3 aromatic heterocycles. The van der Waals surface area contributed by atoms with Crippen molar-refractivity contribution in [3.05, 3.63) is 137 Å². The van der Waals surface area contributed by atoms with Crippen LogP contribution in [0, 0.1) is 0 Å². The Labute approximate surface area is 269 Å². The Morgan fingerprint density at radius 3 is 1.27 bits per heavy atom. The van der Waals surface area contributed by atoms with Gasteiger partial charge in [0.2, 0.25) is 0 Å². The van der Waals surface area contributed by atoms with Crippen molar-refractivity contribution in [3.8, 4) is 5.69 Å². The van der Waals surface area contributed by atoms with Gasteiger partial charge in [0.15, 0.2) is 0 Å². The summed E-state index contributed by atoms with van der Waals surface area (Å²) in [5.74, 6) is 0. The van der Waals surface area contributed by atoms with Crippen molar-refractivity contribution in [1.82, 2.24) is 14.5 Å². The van der Waals surface area contributed by atoms with Gasteiger partial charge in [-0.25, -0.2) is 0 Å². The molecular formula is C42H47N3. The molecule has 0 radical (unpaired) electrons. The predicted molar refractivity (Wildman–Crippen MR) is 191 cm³/mol. The van der Waals surface area contributed by atoms with Crippen molar-refractivity contribution in [2.24, 2.45) is 0 Å². The van der Waals surface area contributed by atoms with E-state index in [0.717, 1.165) is 17.1 Å². The zero-order valence-corrected chi connectivity index (χ0v) is 28.7. The average molecular weight is 594 g/mol. The molecule has 0 atom stereocenters. The second-order valence-corrected chi connectivity index (χ2v) is 15.7. The van der Waals surface area contributed by atoms with Crippen LogP contribution in [0.5, 0.6) is 0 Å². The summed E-state index contributed by atoms with van der Waals surface area (Å²) in [5, 5.41) is 2.50. The smallest absolute Gasteiger partial charge is 0.0541 e. The third kappa shape index (κ3) is 5.47. The van der Waals surface area contributed by atoms with Gasteiger partial charge in [-0.15, -0.1) is 0 Å². The first kappa shape index (κ1) is 30.8. The van der Waals surface area contributed by atoms with Crippen LogP contribution >= 0.6 is 0 Å². The largest absolute Gasteiger partial charge is 0.309 e. The lowest BCUT2D eigenvalue weighted by Crippen LogP contribution is -2.22. The molecule has 0 aliphatic heterocycles.